The third kappa shape index (κ3) is 3.47. The molecule has 0 saturated heterocycles. The molecule has 0 bridgehead atoms. The molecule has 1 N–H and O–H groups in total. The third-order valence-electron chi connectivity index (χ3n) is 0.316. The van der Waals surface area contributed by atoms with Crippen LogP contribution in [0.25, 0.3) is 5.41 Å². The first kappa shape index (κ1) is 4.47. The lowest BCUT2D eigenvalue weighted by molar-refractivity contribution is 0.546. The van der Waals surface area contributed by atoms with Crippen LogP contribution in [-0.2, 0) is 0 Å². The molecule has 0 aliphatic carbocycles. The molecule has 5 heavy (non-hydrogen) atoms. The van der Waals surface area contributed by atoms with Gasteiger partial charge in [0.05, 0.1) is 0 Å². The molecule has 0 amide bonds. The van der Waals surface area contributed by atoms with E-state index in [4.69, 9.17) is 10.5 Å². The van der Waals surface area contributed by atoms with E-state index >= 15 is 0 Å². The van der Waals surface area contributed by atoms with Crippen LogP contribution in [0.2, 0.25) is 0 Å². The van der Waals surface area contributed by atoms with Crippen LogP contribution in [0.5, 0.6) is 0 Å². The standard InChI is InChI=1S/C3H6NO/c1-2-3(4)5/h2H2,1H3,(H-,4,5)/q-1. The maximum atomic E-state index is 7.83. The van der Waals surface area contributed by atoms with Gasteiger partial charge in [-0.05, 0) is 12.3 Å². The highest BCUT2D eigenvalue weighted by atomic mass is 16.3. The molecule has 0 spiro atoms. The lowest BCUT2D eigenvalue weighted by Crippen LogP contribution is -1.84. The van der Waals surface area contributed by atoms with Crippen LogP contribution in [0.4, 0.5) is 0 Å². The Labute approximate surface area is 30.9 Å². The lowest BCUT2D eigenvalue weighted by Gasteiger charge is -1.92. The summed E-state index contributed by atoms with van der Waals surface area (Å²) in [6.45, 7) is 1.66. The molecule has 30 valence electrons. The van der Waals surface area contributed by atoms with Crippen molar-refractivity contribution < 1.29 is 5.11 Å². The molecule has 0 aromatic rings. The zero-order chi connectivity index (χ0) is 4.28. The molecular formula is C3H6NO-. The maximum Gasteiger partial charge on any atom is -0.0209 e. The highest BCUT2D eigenvalue weighted by Crippen LogP contribution is 1.69. The first-order valence-electron chi connectivity index (χ1n) is 1.51. The molecule has 0 aromatic heterocycles. The Morgan fingerprint density at radius 3 is 2.20 bits per heavy atom. The van der Waals surface area contributed by atoms with Crippen molar-refractivity contribution in [2.45, 2.75) is 13.3 Å². The van der Waals surface area contributed by atoms with E-state index in [-0.39, 0.29) is 0 Å². The van der Waals surface area contributed by atoms with Gasteiger partial charge >= 0.3 is 0 Å². The predicted molar refractivity (Wildman–Crippen MR) is 21.3 cm³/mol. The summed E-state index contributed by atoms with van der Waals surface area (Å²) in [7, 11) is 0. The van der Waals surface area contributed by atoms with E-state index in [9.17, 15) is 0 Å². The van der Waals surface area contributed by atoms with Gasteiger partial charge in [0.25, 0.3) is 0 Å². The largest absolute Gasteiger partial charge is 0.776 e. The molecule has 0 fully saturated rings. The first-order chi connectivity index (χ1) is 2.27. The number of hydrogen-bond donors (Lipinski definition) is 1. The Morgan fingerprint density at radius 1 is 2.00 bits per heavy atom. The predicted octanol–water partition coefficient (Wildman–Crippen LogP) is 0.922. The number of aliphatic hydroxyl groups is 1. The summed E-state index contributed by atoms with van der Waals surface area (Å²) in [5.74, 6) is -0.495. The second kappa shape index (κ2) is 1.76. The molecule has 2 heteroatoms. The van der Waals surface area contributed by atoms with Crippen LogP contribution >= 0.6 is 0 Å². The molecule has 0 aromatic carbocycles. The van der Waals surface area contributed by atoms with Crippen molar-refractivity contribution in [1.82, 2.24) is 0 Å². The Hall–Kier alpha value is -0.530. The van der Waals surface area contributed by atoms with Gasteiger partial charge in [-0.1, -0.05) is 6.92 Å². The van der Waals surface area contributed by atoms with Crippen LogP contribution in [0.1, 0.15) is 13.3 Å². The fraction of sp³-hybridized carbons (Fsp3) is 0.667. The molecule has 0 radical (unpaired) electrons. The van der Waals surface area contributed by atoms with Crippen LogP contribution in [-0.4, -0.2) is 11.0 Å². The maximum absolute atomic E-state index is 7.83. The quantitative estimate of drug-likeness (QED) is 0.363. The summed E-state index contributed by atoms with van der Waals surface area (Å²) in [5, 5.41) is 15.7. The fourth-order valence-corrected chi connectivity index (χ4v) is 0. The van der Waals surface area contributed by atoms with Gasteiger partial charge in [0.1, 0.15) is 0 Å². The van der Waals surface area contributed by atoms with Crippen molar-refractivity contribution in [3.8, 4) is 0 Å². The van der Waals surface area contributed by atoms with E-state index < -0.39 is 5.90 Å². The van der Waals surface area contributed by atoms with E-state index in [0.29, 0.717) is 6.42 Å². The summed E-state index contributed by atoms with van der Waals surface area (Å²) >= 11 is 0. The first-order valence-corrected chi connectivity index (χ1v) is 1.51. The highest BCUT2D eigenvalue weighted by Gasteiger charge is 1.61. The fourth-order valence-electron chi connectivity index (χ4n) is 0. The van der Waals surface area contributed by atoms with Crippen LogP contribution < -0.4 is 0 Å². The van der Waals surface area contributed by atoms with Crippen LogP contribution in [0.15, 0.2) is 0 Å². The van der Waals surface area contributed by atoms with Gasteiger partial charge in [0, 0.05) is 0 Å². The Bertz CT molecular complexity index is 42.2. The van der Waals surface area contributed by atoms with Gasteiger partial charge in [-0.3, -0.25) is 0 Å². The minimum Gasteiger partial charge on any atom is -0.776 e. The minimum absolute atomic E-state index is 0.333. The number of nitrogens with zero attached hydrogens (tertiary/aromatic N) is 1. The topological polar surface area (TPSA) is 42.5 Å². The van der Waals surface area contributed by atoms with Crippen molar-refractivity contribution in [2.75, 3.05) is 0 Å². The second-order valence-electron chi connectivity index (χ2n) is 0.770. The van der Waals surface area contributed by atoms with Crippen molar-refractivity contribution >= 4 is 5.90 Å². The van der Waals surface area contributed by atoms with Crippen molar-refractivity contribution in [2.24, 2.45) is 0 Å². The van der Waals surface area contributed by atoms with Gasteiger partial charge in [-0.2, -0.15) is 0 Å². The Morgan fingerprint density at radius 2 is 2.20 bits per heavy atom. The molecule has 2 nitrogen and oxygen atoms in total. The SMILES string of the molecule is CCC(=[N-])O. The Kier molecular flexibility index (Phi) is 1.57. The Balaban J connectivity index is 2.85. The molecule has 0 aliphatic rings. The van der Waals surface area contributed by atoms with Crippen molar-refractivity contribution in [3.05, 3.63) is 5.41 Å². The van der Waals surface area contributed by atoms with E-state index in [0.717, 1.165) is 0 Å². The normalized spacial score (nSPS) is 7.40. The lowest BCUT2D eigenvalue weighted by atomic mass is 10.5. The minimum atomic E-state index is -0.495. The van der Waals surface area contributed by atoms with E-state index in [1.54, 1.807) is 6.92 Å². The van der Waals surface area contributed by atoms with Crippen LogP contribution in [0, 0.1) is 0 Å². The highest BCUT2D eigenvalue weighted by molar-refractivity contribution is 5.76. The average Bonchev–Trinajstić information content (AvgIpc) is 1.38. The van der Waals surface area contributed by atoms with Crippen molar-refractivity contribution in [1.29, 1.82) is 0 Å². The van der Waals surface area contributed by atoms with Gasteiger partial charge in [0.15, 0.2) is 0 Å². The van der Waals surface area contributed by atoms with Gasteiger partial charge in [-0.15, -0.1) is 0 Å². The molecule has 0 saturated carbocycles. The van der Waals surface area contributed by atoms with Gasteiger partial charge in [-0.25, -0.2) is 0 Å². The van der Waals surface area contributed by atoms with E-state index in [1.807, 2.05) is 0 Å². The summed E-state index contributed by atoms with van der Waals surface area (Å²) in [5.41, 5.74) is 0. The van der Waals surface area contributed by atoms with E-state index in [2.05, 4.69) is 0 Å². The second-order valence-corrected chi connectivity index (χ2v) is 0.770. The average molecular weight is 72.1 g/mol. The van der Waals surface area contributed by atoms with Crippen molar-refractivity contribution in [3.63, 3.8) is 0 Å². The summed E-state index contributed by atoms with van der Waals surface area (Å²) < 4.78 is 0. The monoisotopic (exact) mass is 72.0 g/mol. The molecule has 0 aliphatic heterocycles. The number of aliphatic hydroxyl groups excluding tert-OH is 1. The molecule has 0 atom stereocenters. The van der Waals surface area contributed by atoms with Gasteiger partial charge in [0.2, 0.25) is 0 Å². The van der Waals surface area contributed by atoms with E-state index in [1.165, 1.54) is 0 Å². The van der Waals surface area contributed by atoms with Crippen LogP contribution in [0.3, 0.4) is 0 Å². The zero-order valence-corrected chi connectivity index (χ0v) is 3.10. The van der Waals surface area contributed by atoms with Gasteiger partial charge < -0.3 is 10.5 Å². The third-order valence-corrected chi connectivity index (χ3v) is 0.316. The summed E-state index contributed by atoms with van der Waals surface area (Å²) in [6, 6.07) is 0. The zero-order valence-electron chi connectivity index (χ0n) is 3.10. The summed E-state index contributed by atoms with van der Waals surface area (Å²) in [4.78, 5) is 0. The molecule has 0 rings (SSSR count). The number of rotatable bonds is 1. The summed E-state index contributed by atoms with van der Waals surface area (Å²) in [6.07, 6.45) is 0.333. The smallest absolute Gasteiger partial charge is 0.0209 e. The number of hydrogen-bond acceptors (Lipinski definition) is 0. The molecule has 0 unspecified atom stereocenters. The molecule has 0 heterocycles. The molecular weight excluding hydrogens is 66.0 g/mol.